The van der Waals surface area contributed by atoms with Gasteiger partial charge in [0.2, 0.25) is 0 Å². The van der Waals surface area contributed by atoms with Gasteiger partial charge in [-0.1, -0.05) is 38.1 Å². The number of likely N-dealkylation sites (N-methyl/N-ethyl adjacent to an activating group) is 1. The lowest BCUT2D eigenvalue weighted by Crippen LogP contribution is -2.30. The highest BCUT2D eigenvalue weighted by Gasteiger charge is 2.14. The highest BCUT2D eigenvalue weighted by atomic mass is 14.9. The zero-order valence-electron chi connectivity index (χ0n) is 9.67. The fourth-order valence-electron chi connectivity index (χ4n) is 1.87. The Hall–Kier alpha value is -0.820. The van der Waals surface area contributed by atoms with Gasteiger partial charge in [-0.15, -0.1) is 0 Å². The standard InChI is InChI=1S/C13H21N/c1-5-14-12(4)11(3)13-9-7-6-8-10(13)2/h6-9,11-12,14H,5H2,1-4H3. The molecule has 1 rings (SSSR count). The first-order valence-corrected chi connectivity index (χ1v) is 5.45. The van der Waals surface area contributed by atoms with Crippen LogP contribution < -0.4 is 5.32 Å². The summed E-state index contributed by atoms with van der Waals surface area (Å²) >= 11 is 0. The van der Waals surface area contributed by atoms with Crippen molar-refractivity contribution in [3.63, 3.8) is 0 Å². The predicted molar refractivity (Wildman–Crippen MR) is 62.7 cm³/mol. The summed E-state index contributed by atoms with van der Waals surface area (Å²) in [5.41, 5.74) is 2.85. The first-order valence-electron chi connectivity index (χ1n) is 5.45. The van der Waals surface area contributed by atoms with E-state index in [0.717, 1.165) is 6.54 Å². The summed E-state index contributed by atoms with van der Waals surface area (Å²) in [5.74, 6) is 0.580. The van der Waals surface area contributed by atoms with Crippen LogP contribution in [0.4, 0.5) is 0 Å². The van der Waals surface area contributed by atoms with E-state index < -0.39 is 0 Å². The van der Waals surface area contributed by atoms with Crippen molar-refractivity contribution in [3.8, 4) is 0 Å². The third-order valence-electron chi connectivity index (χ3n) is 2.96. The van der Waals surface area contributed by atoms with Crippen LogP contribution >= 0.6 is 0 Å². The predicted octanol–water partition coefficient (Wildman–Crippen LogP) is 3.10. The van der Waals surface area contributed by atoms with Crippen LogP contribution in [0.25, 0.3) is 0 Å². The first kappa shape index (κ1) is 11.3. The van der Waals surface area contributed by atoms with E-state index in [9.17, 15) is 0 Å². The van der Waals surface area contributed by atoms with Crippen LogP contribution in [0.1, 0.15) is 37.8 Å². The lowest BCUT2D eigenvalue weighted by atomic mass is 9.91. The number of benzene rings is 1. The number of hydrogen-bond acceptors (Lipinski definition) is 1. The van der Waals surface area contributed by atoms with Crippen LogP contribution in [0.2, 0.25) is 0 Å². The molecule has 2 unspecified atom stereocenters. The van der Waals surface area contributed by atoms with Crippen LogP contribution in [0.5, 0.6) is 0 Å². The fourth-order valence-corrected chi connectivity index (χ4v) is 1.87. The summed E-state index contributed by atoms with van der Waals surface area (Å²) in [4.78, 5) is 0. The lowest BCUT2D eigenvalue weighted by molar-refractivity contribution is 0.493. The van der Waals surface area contributed by atoms with Crippen molar-refractivity contribution in [1.29, 1.82) is 0 Å². The molecule has 0 aliphatic rings. The van der Waals surface area contributed by atoms with Gasteiger partial charge in [-0.25, -0.2) is 0 Å². The maximum atomic E-state index is 3.47. The van der Waals surface area contributed by atoms with Crippen LogP contribution in [-0.2, 0) is 0 Å². The summed E-state index contributed by atoms with van der Waals surface area (Å²) in [6.07, 6.45) is 0. The van der Waals surface area contributed by atoms with Crippen molar-refractivity contribution in [2.45, 2.75) is 39.7 Å². The summed E-state index contributed by atoms with van der Waals surface area (Å²) in [7, 11) is 0. The molecule has 0 radical (unpaired) electrons. The van der Waals surface area contributed by atoms with Crippen LogP contribution in [0, 0.1) is 6.92 Å². The molecule has 1 heteroatoms. The van der Waals surface area contributed by atoms with Gasteiger partial charge in [0.25, 0.3) is 0 Å². The van der Waals surface area contributed by atoms with Crippen molar-refractivity contribution in [2.75, 3.05) is 6.54 Å². The second kappa shape index (κ2) is 5.16. The van der Waals surface area contributed by atoms with Crippen LogP contribution in [-0.4, -0.2) is 12.6 Å². The van der Waals surface area contributed by atoms with Gasteiger partial charge in [0, 0.05) is 6.04 Å². The molecular weight excluding hydrogens is 170 g/mol. The molecule has 0 aliphatic carbocycles. The smallest absolute Gasteiger partial charge is 0.0105 e. The molecule has 1 aromatic carbocycles. The van der Waals surface area contributed by atoms with Gasteiger partial charge in [-0.05, 0) is 37.4 Å². The van der Waals surface area contributed by atoms with E-state index in [1.165, 1.54) is 11.1 Å². The molecule has 0 saturated heterocycles. The summed E-state index contributed by atoms with van der Waals surface area (Å²) in [6.45, 7) is 9.92. The molecule has 1 N–H and O–H groups in total. The average Bonchev–Trinajstić information content (AvgIpc) is 2.18. The molecule has 2 atom stereocenters. The molecule has 14 heavy (non-hydrogen) atoms. The average molecular weight is 191 g/mol. The van der Waals surface area contributed by atoms with E-state index in [2.05, 4.69) is 57.3 Å². The van der Waals surface area contributed by atoms with Crippen molar-refractivity contribution in [2.24, 2.45) is 0 Å². The molecule has 78 valence electrons. The Morgan fingerprint density at radius 3 is 2.43 bits per heavy atom. The largest absolute Gasteiger partial charge is 0.314 e. The molecule has 0 bridgehead atoms. The second-order valence-corrected chi connectivity index (χ2v) is 3.99. The van der Waals surface area contributed by atoms with Gasteiger partial charge < -0.3 is 5.32 Å². The molecule has 0 aliphatic heterocycles. The SMILES string of the molecule is CCNC(C)C(C)c1ccccc1C. The second-order valence-electron chi connectivity index (χ2n) is 3.99. The molecule has 0 heterocycles. The molecule has 0 saturated carbocycles. The molecule has 0 fully saturated rings. The number of aryl methyl sites for hydroxylation is 1. The van der Waals surface area contributed by atoms with Crippen molar-refractivity contribution < 1.29 is 0 Å². The molecule has 0 spiro atoms. The van der Waals surface area contributed by atoms with Crippen molar-refractivity contribution in [3.05, 3.63) is 35.4 Å². The van der Waals surface area contributed by atoms with Gasteiger partial charge in [-0.2, -0.15) is 0 Å². The summed E-state index contributed by atoms with van der Waals surface area (Å²) < 4.78 is 0. The summed E-state index contributed by atoms with van der Waals surface area (Å²) in [5, 5.41) is 3.47. The Bertz CT molecular complexity index is 280. The minimum absolute atomic E-state index is 0.543. The van der Waals surface area contributed by atoms with E-state index >= 15 is 0 Å². The molecule has 1 aromatic rings. The molecular formula is C13H21N. The van der Waals surface area contributed by atoms with Crippen molar-refractivity contribution >= 4 is 0 Å². The van der Waals surface area contributed by atoms with Gasteiger partial charge in [-0.3, -0.25) is 0 Å². The Morgan fingerprint density at radius 2 is 1.86 bits per heavy atom. The lowest BCUT2D eigenvalue weighted by Gasteiger charge is -2.22. The Kier molecular flexibility index (Phi) is 4.15. The van der Waals surface area contributed by atoms with Gasteiger partial charge in [0.05, 0.1) is 0 Å². The maximum Gasteiger partial charge on any atom is 0.0105 e. The zero-order chi connectivity index (χ0) is 10.6. The molecule has 0 amide bonds. The molecule has 0 aromatic heterocycles. The fraction of sp³-hybridized carbons (Fsp3) is 0.538. The third-order valence-corrected chi connectivity index (χ3v) is 2.96. The topological polar surface area (TPSA) is 12.0 Å². The van der Waals surface area contributed by atoms with Crippen LogP contribution in [0.3, 0.4) is 0 Å². The Labute approximate surface area is 87.5 Å². The highest BCUT2D eigenvalue weighted by Crippen LogP contribution is 2.22. The number of hydrogen-bond donors (Lipinski definition) is 1. The third kappa shape index (κ3) is 2.58. The minimum Gasteiger partial charge on any atom is -0.314 e. The van der Waals surface area contributed by atoms with E-state index in [4.69, 9.17) is 0 Å². The van der Waals surface area contributed by atoms with E-state index in [0.29, 0.717) is 12.0 Å². The highest BCUT2D eigenvalue weighted by molar-refractivity contribution is 5.29. The normalized spacial score (nSPS) is 15.1. The molecule has 1 nitrogen and oxygen atoms in total. The monoisotopic (exact) mass is 191 g/mol. The number of nitrogens with one attached hydrogen (secondary N) is 1. The zero-order valence-corrected chi connectivity index (χ0v) is 9.67. The van der Waals surface area contributed by atoms with E-state index in [1.807, 2.05) is 0 Å². The summed E-state index contributed by atoms with van der Waals surface area (Å²) in [6, 6.07) is 9.18. The van der Waals surface area contributed by atoms with Crippen LogP contribution in [0.15, 0.2) is 24.3 Å². The van der Waals surface area contributed by atoms with Gasteiger partial charge >= 0.3 is 0 Å². The number of rotatable bonds is 4. The maximum absolute atomic E-state index is 3.47. The van der Waals surface area contributed by atoms with Gasteiger partial charge in [0.15, 0.2) is 0 Å². The van der Waals surface area contributed by atoms with Gasteiger partial charge in [0.1, 0.15) is 0 Å². The van der Waals surface area contributed by atoms with Crippen molar-refractivity contribution in [1.82, 2.24) is 5.32 Å². The Balaban J connectivity index is 2.78. The quantitative estimate of drug-likeness (QED) is 0.771. The van der Waals surface area contributed by atoms with E-state index in [1.54, 1.807) is 0 Å². The van der Waals surface area contributed by atoms with E-state index in [-0.39, 0.29) is 0 Å². The minimum atomic E-state index is 0.543. The Morgan fingerprint density at radius 1 is 1.21 bits per heavy atom. The first-order chi connectivity index (χ1) is 6.66.